The zero-order valence-electron chi connectivity index (χ0n) is 21.0. The molecule has 2 N–H and O–H groups in total. The van der Waals surface area contributed by atoms with Crippen molar-refractivity contribution >= 4 is 23.2 Å². The first-order valence-electron chi connectivity index (χ1n) is 13.6. The van der Waals surface area contributed by atoms with Crippen LogP contribution in [0.4, 0.5) is 11.4 Å². The number of hydrogen-bond acceptors (Lipinski definition) is 2. The number of benzene rings is 3. The molecule has 0 bridgehead atoms. The molecule has 0 saturated heterocycles. The summed E-state index contributed by atoms with van der Waals surface area (Å²) in [6.07, 6.45) is 12.9. The van der Waals surface area contributed by atoms with E-state index in [9.17, 15) is 9.59 Å². The molecule has 2 fully saturated rings. The standard InChI is InChI=1S/C32H36N2O2/c35-31(27-15-11-25(12-16-27)23-7-3-1-4-8-23)33-29-19-21-30(22-20-29)34-32(36)28-17-13-26(14-18-28)24-9-5-2-6-10-24/h11-24H,1-10H2,(H,33,35)(H,34,36). The van der Waals surface area contributed by atoms with Crippen LogP contribution in [0.5, 0.6) is 0 Å². The summed E-state index contributed by atoms with van der Waals surface area (Å²) < 4.78 is 0. The van der Waals surface area contributed by atoms with Gasteiger partial charge in [0.05, 0.1) is 0 Å². The molecule has 3 aromatic carbocycles. The van der Waals surface area contributed by atoms with Crippen LogP contribution in [0.25, 0.3) is 0 Å². The van der Waals surface area contributed by atoms with Crippen LogP contribution < -0.4 is 10.6 Å². The smallest absolute Gasteiger partial charge is 0.255 e. The summed E-state index contributed by atoms with van der Waals surface area (Å²) in [6.45, 7) is 0. The second kappa shape index (κ2) is 11.6. The lowest BCUT2D eigenvalue weighted by atomic mass is 9.84. The molecule has 0 spiro atoms. The Balaban J connectivity index is 1.14. The third-order valence-corrected chi connectivity index (χ3v) is 7.90. The Bertz CT molecular complexity index is 1060. The lowest BCUT2D eigenvalue weighted by Gasteiger charge is -2.22. The third-order valence-electron chi connectivity index (χ3n) is 7.90. The SMILES string of the molecule is O=C(Nc1ccc(NC(=O)c2ccc(C3CCCCC3)cc2)cc1)c1ccc(C2CCCCC2)cc1. The Kier molecular flexibility index (Phi) is 7.80. The Hall–Kier alpha value is -3.40. The van der Waals surface area contributed by atoms with Gasteiger partial charge < -0.3 is 10.6 Å². The molecule has 0 aliphatic heterocycles. The van der Waals surface area contributed by atoms with E-state index in [4.69, 9.17) is 0 Å². The number of carbonyl (C=O) groups is 2. The molecule has 0 heterocycles. The first kappa shape index (κ1) is 24.3. The maximum Gasteiger partial charge on any atom is 0.255 e. The van der Waals surface area contributed by atoms with Crippen molar-refractivity contribution in [1.29, 1.82) is 0 Å². The molecule has 4 nitrogen and oxygen atoms in total. The summed E-state index contributed by atoms with van der Waals surface area (Å²) >= 11 is 0. The molecular weight excluding hydrogens is 444 g/mol. The molecule has 186 valence electrons. The van der Waals surface area contributed by atoms with Crippen molar-refractivity contribution in [2.75, 3.05) is 10.6 Å². The molecule has 2 saturated carbocycles. The minimum absolute atomic E-state index is 0.125. The van der Waals surface area contributed by atoms with E-state index in [1.807, 2.05) is 48.5 Å². The van der Waals surface area contributed by atoms with Crippen LogP contribution in [0.3, 0.4) is 0 Å². The maximum atomic E-state index is 12.7. The Morgan fingerprint density at radius 2 is 0.806 bits per heavy atom. The number of hydrogen-bond donors (Lipinski definition) is 2. The third kappa shape index (κ3) is 6.04. The van der Waals surface area contributed by atoms with E-state index in [0.717, 1.165) is 0 Å². The van der Waals surface area contributed by atoms with Gasteiger partial charge in [0.2, 0.25) is 0 Å². The highest BCUT2D eigenvalue weighted by atomic mass is 16.2. The fourth-order valence-electron chi connectivity index (χ4n) is 5.73. The van der Waals surface area contributed by atoms with Gasteiger partial charge in [-0.25, -0.2) is 0 Å². The number of amides is 2. The van der Waals surface area contributed by atoms with E-state index in [0.29, 0.717) is 34.3 Å². The number of anilines is 2. The summed E-state index contributed by atoms with van der Waals surface area (Å²) in [7, 11) is 0. The molecule has 0 radical (unpaired) electrons. The van der Waals surface area contributed by atoms with E-state index in [-0.39, 0.29) is 11.8 Å². The lowest BCUT2D eigenvalue weighted by Crippen LogP contribution is -2.13. The summed E-state index contributed by atoms with van der Waals surface area (Å²) in [4.78, 5) is 25.4. The van der Waals surface area contributed by atoms with E-state index >= 15 is 0 Å². The van der Waals surface area contributed by atoms with Crippen LogP contribution in [0.15, 0.2) is 72.8 Å². The molecular formula is C32H36N2O2. The van der Waals surface area contributed by atoms with Crippen molar-refractivity contribution in [3.05, 3.63) is 95.1 Å². The summed E-state index contributed by atoms with van der Waals surface area (Å²) in [6, 6.07) is 23.4. The highest BCUT2D eigenvalue weighted by Gasteiger charge is 2.17. The second-order valence-electron chi connectivity index (χ2n) is 10.4. The maximum absolute atomic E-state index is 12.7. The zero-order valence-corrected chi connectivity index (χ0v) is 21.0. The average Bonchev–Trinajstić information content (AvgIpc) is 2.95. The van der Waals surface area contributed by atoms with E-state index in [2.05, 4.69) is 34.9 Å². The lowest BCUT2D eigenvalue weighted by molar-refractivity contribution is 0.101. The van der Waals surface area contributed by atoms with Crippen molar-refractivity contribution in [3.63, 3.8) is 0 Å². The number of rotatable bonds is 6. The topological polar surface area (TPSA) is 58.2 Å². The molecule has 2 aliphatic carbocycles. The van der Waals surface area contributed by atoms with Crippen molar-refractivity contribution in [2.45, 2.75) is 76.0 Å². The van der Waals surface area contributed by atoms with Crippen LogP contribution in [0.2, 0.25) is 0 Å². The molecule has 0 aromatic heterocycles. The van der Waals surface area contributed by atoms with Gasteiger partial charge in [0.25, 0.3) is 11.8 Å². The van der Waals surface area contributed by atoms with E-state index in [1.165, 1.54) is 75.3 Å². The zero-order chi connectivity index (χ0) is 24.7. The molecule has 5 rings (SSSR count). The molecule has 2 aliphatic rings. The monoisotopic (exact) mass is 480 g/mol. The fourth-order valence-corrected chi connectivity index (χ4v) is 5.73. The van der Waals surface area contributed by atoms with Crippen molar-refractivity contribution < 1.29 is 9.59 Å². The predicted octanol–water partition coefficient (Wildman–Crippen LogP) is 8.29. The molecule has 0 unspecified atom stereocenters. The van der Waals surface area contributed by atoms with Crippen LogP contribution in [-0.2, 0) is 0 Å². The highest BCUT2D eigenvalue weighted by Crippen LogP contribution is 2.33. The number of nitrogens with one attached hydrogen (secondary N) is 2. The minimum atomic E-state index is -0.125. The fraction of sp³-hybridized carbons (Fsp3) is 0.375. The molecule has 0 atom stereocenters. The van der Waals surface area contributed by atoms with Crippen LogP contribution in [0, 0.1) is 0 Å². The number of carbonyl (C=O) groups excluding carboxylic acids is 2. The van der Waals surface area contributed by atoms with Crippen molar-refractivity contribution in [1.82, 2.24) is 0 Å². The molecule has 4 heteroatoms. The first-order chi connectivity index (χ1) is 17.7. The van der Waals surface area contributed by atoms with Crippen molar-refractivity contribution in [3.8, 4) is 0 Å². The van der Waals surface area contributed by atoms with Gasteiger partial charge in [-0.15, -0.1) is 0 Å². The molecule has 2 amide bonds. The first-order valence-corrected chi connectivity index (χ1v) is 13.6. The normalized spacial score (nSPS) is 16.9. The Labute approximate surface area is 214 Å². The van der Waals surface area contributed by atoms with Crippen molar-refractivity contribution in [2.24, 2.45) is 0 Å². The largest absolute Gasteiger partial charge is 0.322 e. The molecule has 3 aromatic rings. The van der Waals surface area contributed by atoms with Crippen LogP contribution in [0.1, 0.15) is 108 Å². The Morgan fingerprint density at radius 3 is 1.14 bits per heavy atom. The van der Waals surface area contributed by atoms with E-state index in [1.54, 1.807) is 0 Å². The quantitative estimate of drug-likeness (QED) is 0.373. The van der Waals surface area contributed by atoms with Gasteiger partial charge in [0, 0.05) is 22.5 Å². The minimum Gasteiger partial charge on any atom is -0.322 e. The summed E-state index contributed by atoms with van der Waals surface area (Å²) in [5, 5.41) is 5.91. The van der Waals surface area contributed by atoms with Gasteiger partial charge in [-0.05, 0) is 97.2 Å². The van der Waals surface area contributed by atoms with Gasteiger partial charge in [-0.3, -0.25) is 9.59 Å². The van der Waals surface area contributed by atoms with E-state index < -0.39 is 0 Å². The predicted molar refractivity (Wildman–Crippen MR) is 147 cm³/mol. The van der Waals surface area contributed by atoms with Gasteiger partial charge >= 0.3 is 0 Å². The van der Waals surface area contributed by atoms with Crippen LogP contribution in [-0.4, -0.2) is 11.8 Å². The molecule has 36 heavy (non-hydrogen) atoms. The van der Waals surface area contributed by atoms with Gasteiger partial charge in [0.15, 0.2) is 0 Å². The second-order valence-corrected chi connectivity index (χ2v) is 10.4. The average molecular weight is 481 g/mol. The van der Waals surface area contributed by atoms with Crippen LogP contribution >= 0.6 is 0 Å². The van der Waals surface area contributed by atoms with Gasteiger partial charge in [-0.1, -0.05) is 62.8 Å². The van der Waals surface area contributed by atoms with Gasteiger partial charge in [0.1, 0.15) is 0 Å². The summed E-state index contributed by atoms with van der Waals surface area (Å²) in [5.74, 6) is 1.02. The van der Waals surface area contributed by atoms with Gasteiger partial charge in [-0.2, -0.15) is 0 Å². The highest BCUT2D eigenvalue weighted by molar-refractivity contribution is 6.05. The Morgan fingerprint density at radius 1 is 0.472 bits per heavy atom. The summed E-state index contributed by atoms with van der Waals surface area (Å²) in [5.41, 5.74) is 5.40.